The molecular formula is C68H106O10S. The Morgan fingerprint density at radius 3 is 0.810 bits per heavy atom. The second-order valence-electron chi connectivity index (χ2n) is 28.9. The molecule has 0 aliphatic heterocycles. The minimum Gasteiger partial charge on any atom is -0.507 e. The third-order valence-corrected chi connectivity index (χ3v) is 15.1. The van der Waals surface area contributed by atoms with Crippen molar-refractivity contribution in [2.45, 2.75) is 267 Å². The van der Waals surface area contributed by atoms with E-state index in [0.29, 0.717) is 61.5 Å². The minimum absolute atomic E-state index is 0.125. The summed E-state index contributed by atoms with van der Waals surface area (Å²) in [5, 5.41) is 34.7. The first kappa shape index (κ1) is 68.6. The van der Waals surface area contributed by atoms with E-state index in [9.17, 15) is 29.7 Å². The number of hydrogen-bond acceptors (Lipinski definition) is 11. The van der Waals surface area contributed by atoms with Gasteiger partial charge in [-0.05, 0) is 101 Å². The normalized spacial score (nSPS) is 12.8. The molecule has 3 aromatic carbocycles. The largest absolute Gasteiger partial charge is 0.507 e. The van der Waals surface area contributed by atoms with E-state index in [2.05, 4.69) is 6.92 Å². The number of ether oxygens (including phenoxy) is 4. The van der Waals surface area contributed by atoms with E-state index in [1.165, 1.54) is 57.8 Å². The van der Waals surface area contributed by atoms with Gasteiger partial charge in [0.2, 0.25) is 0 Å². The van der Waals surface area contributed by atoms with Gasteiger partial charge in [-0.2, -0.15) is 0 Å². The fourth-order valence-corrected chi connectivity index (χ4v) is 10.0. The standard InChI is InChI=1S/C68H106O10S/c1-20-21-22-23-24-25-26-27-28-29-30-31-32-58(79)78-45-68(42-75-55(69)39-46-33-49(62(2,3)4)59(72)50(34-46)63(5,6)7,43-76-56(70)40-47-35-51(64(8,9)10)60(73)52(36-47)65(11,12)13)44-77-57(71)41-48-37-53(66(14,15)16)61(74)54(38-48)67(17,18)19/h33-38,72-74H,20-32,39-45H2,1-19H3. The van der Waals surface area contributed by atoms with Gasteiger partial charge in [0.05, 0.1) is 19.3 Å². The van der Waals surface area contributed by atoms with Crippen molar-refractivity contribution in [2.75, 3.05) is 26.4 Å². The van der Waals surface area contributed by atoms with Gasteiger partial charge in [0, 0.05) is 6.42 Å². The number of carbonyl (C=O) groups is 3. The zero-order valence-electron chi connectivity index (χ0n) is 52.7. The predicted molar refractivity (Wildman–Crippen MR) is 327 cm³/mol. The molecule has 3 aromatic rings. The third kappa shape index (κ3) is 22.3. The van der Waals surface area contributed by atoms with Crippen molar-refractivity contribution in [1.82, 2.24) is 0 Å². The zero-order valence-corrected chi connectivity index (χ0v) is 53.5. The van der Waals surface area contributed by atoms with Crippen LogP contribution in [0.3, 0.4) is 0 Å². The van der Waals surface area contributed by atoms with E-state index < -0.39 is 55.8 Å². The Bertz CT molecular complexity index is 2150. The Hall–Kier alpha value is -4.64. The van der Waals surface area contributed by atoms with Crippen LogP contribution in [-0.2, 0) is 85.1 Å². The van der Waals surface area contributed by atoms with Gasteiger partial charge in [-0.15, -0.1) is 0 Å². The summed E-state index contributed by atoms with van der Waals surface area (Å²) in [6, 6.07) is 11.1. The predicted octanol–water partition coefficient (Wildman–Crippen LogP) is 16.7. The second-order valence-corrected chi connectivity index (χ2v) is 29.4. The van der Waals surface area contributed by atoms with Crippen LogP contribution in [0, 0.1) is 5.41 Å². The first-order valence-electron chi connectivity index (χ1n) is 29.5. The van der Waals surface area contributed by atoms with Crippen LogP contribution < -0.4 is 0 Å². The van der Waals surface area contributed by atoms with Crippen molar-refractivity contribution < 1.29 is 48.7 Å². The van der Waals surface area contributed by atoms with Crippen molar-refractivity contribution in [3.63, 3.8) is 0 Å². The molecule has 3 N–H and O–H groups in total. The molecule has 0 saturated carbocycles. The number of phenols is 3. The van der Waals surface area contributed by atoms with E-state index >= 15 is 0 Å². The molecule has 0 aromatic heterocycles. The summed E-state index contributed by atoms with van der Waals surface area (Å²) in [5.41, 5.74) is 2.25. The average Bonchev–Trinajstić information content (AvgIpc) is 3.31. The van der Waals surface area contributed by atoms with Crippen LogP contribution in [0.15, 0.2) is 36.4 Å². The summed E-state index contributed by atoms with van der Waals surface area (Å²) >= 11 is 5.85. The summed E-state index contributed by atoms with van der Waals surface area (Å²) < 4.78 is 24.9. The molecule has 3 rings (SSSR count). The van der Waals surface area contributed by atoms with Crippen molar-refractivity contribution in [3.05, 3.63) is 86.5 Å². The Morgan fingerprint density at radius 2 is 0.582 bits per heavy atom. The van der Waals surface area contributed by atoms with Crippen LogP contribution in [0.4, 0.5) is 0 Å². The fraction of sp³-hybridized carbons (Fsp3) is 0.676. The summed E-state index contributed by atoms with van der Waals surface area (Å²) in [7, 11) is 0. The lowest BCUT2D eigenvalue weighted by molar-refractivity contribution is -0.164. The van der Waals surface area contributed by atoms with Crippen molar-refractivity contribution >= 4 is 35.2 Å². The number of aromatic hydroxyl groups is 3. The van der Waals surface area contributed by atoms with Crippen LogP contribution in [0.5, 0.6) is 17.2 Å². The fourth-order valence-electron chi connectivity index (χ4n) is 9.84. The molecule has 0 atom stereocenters. The molecule has 444 valence electrons. The lowest BCUT2D eigenvalue weighted by atomic mass is 9.78. The van der Waals surface area contributed by atoms with E-state index in [1.807, 2.05) is 161 Å². The summed E-state index contributed by atoms with van der Waals surface area (Å²) in [4.78, 5) is 42.6. The highest BCUT2D eigenvalue weighted by Gasteiger charge is 2.39. The maximum absolute atomic E-state index is 14.2. The maximum Gasteiger partial charge on any atom is 0.310 e. The minimum atomic E-state index is -1.42. The average molecular weight is 1120 g/mol. The van der Waals surface area contributed by atoms with Crippen LogP contribution in [0.1, 0.15) is 265 Å². The Labute approximate surface area is 483 Å². The molecule has 0 bridgehead atoms. The SMILES string of the molecule is CCCCCCCCCCCCCCC(=S)OCC(COC(=O)Cc1cc(C(C)(C)C)c(O)c(C(C)(C)C)c1)(COC(=O)Cc1cc(C(C)(C)C)c(O)c(C(C)(C)C)c1)COC(=O)Cc1cc(C(C)(C)C)c(O)c(C(C)(C)C)c1. The number of esters is 3. The molecule has 0 fully saturated rings. The van der Waals surface area contributed by atoms with Crippen LogP contribution in [0.25, 0.3) is 0 Å². The molecule has 0 radical (unpaired) electrons. The van der Waals surface area contributed by atoms with Gasteiger partial charge in [-0.1, -0.05) is 239 Å². The highest BCUT2D eigenvalue weighted by molar-refractivity contribution is 7.80. The highest BCUT2D eigenvalue weighted by atomic mass is 32.1. The lowest BCUT2D eigenvalue weighted by Crippen LogP contribution is -2.44. The smallest absolute Gasteiger partial charge is 0.310 e. The first-order valence-corrected chi connectivity index (χ1v) is 29.9. The molecule has 10 nitrogen and oxygen atoms in total. The quantitative estimate of drug-likeness (QED) is 0.0290. The summed E-state index contributed by atoms with van der Waals surface area (Å²) in [6.45, 7) is 37.2. The summed E-state index contributed by atoms with van der Waals surface area (Å²) in [5.74, 6) is -1.13. The van der Waals surface area contributed by atoms with Gasteiger partial charge in [-0.25, -0.2) is 0 Å². The number of carbonyl (C=O) groups excluding carboxylic acids is 3. The van der Waals surface area contributed by atoms with Crippen LogP contribution in [0.2, 0.25) is 0 Å². The third-order valence-electron chi connectivity index (χ3n) is 14.8. The van der Waals surface area contributed by atoms with Crippen LogP contribution >= 0.6 is 12.2 Å². The lowest BCUT2D eigenvalue weighted by Gasteiger charge is -2.32. The van der Waals surface area contributed by atoms with Crippen molar-refractivity contribution in [3.8, 4) is 17.2 Å². The number of hydrogen-bond donors (Lipinski definition) is 3. The molecule has 0 unspecified atom stereocenters. The number of thiocarbonyl (C=S) groups is 1. The maximum atomic E-state index is 14.2. The van der Waals surface area contributed by atoms with E-state index in [1.54, 1.807) is 0 Å². The van der Waals surface area contributed by atoms with E-state index in [-0.39, 0.29) is 62.9 Å². The molecule has 11 heteroatoms. The molecule has 0 aliphatic carbocycles. The van der Waals surface area contributed by atoms with Gasteiger partial charge in [0.25, 0.3) is 0 Å². The number of unbranched alkanes of at least 4 members (excludes halogenated alkanes) is 11. The van der Waals surface area contributed by atoms with Crippen molar-refractivity contribution in [2.24, 2.45) is 5.41 Å². The van der Waals surface area contributed by atoms with E-state index in [0.717, 1.165) is 19.3 Å². The number of benzene rings is 3. The number of rotatable bonds is 27. The first-order chi connectivity index (χ1) is 36.3. The second kappa shape index (κ2) is 28.9. The van der Waals surface area contributed by atoms with Gasteiger partial charge in [-0.3, -0.25) is 14.4 Å². The molecular weight excluding hydrogens is 1010 g/mol. The summed E-state index contributed by atoms with van der Waals surface area (Å²) in [6.07, 6.45) is 14.6. The topological polar surface area (TPSA) is 149 Å². The molecule has 0 aliphatic rings. The molecule has 0 saturated heterocycles. The Balaban J connectivity index is 2.05. The van der Waals surface area contributed by atoms with Gasteiger partial charge in [0.15, 0.2) is 5.05 Å². The van der Waals surface area contributed by atoms with E-state index in [4.69, 9.17) is 31.2 Å². The molecule has 0 spiro atoms. The Morgan fingerprint density at radius 1 is 0.367 bits per heavy atom. The Kier molecular flexibility index (Phi) is 25.1. The number of phenolic OH excluding ortho intramolecular Hbond substituents is 3. The highest BCUT2D eigenvalue weighted by Crippen LogP contribution is 2.43. The molecule has 79 heavy (non-hydrogen) atoms. The zero-order chi connectivity index (χ0) is 60.0. The van der Waals surface area contributed by atoms with Gasteiger partial charge < -0.3 is 34.3 Å². The van der Waals surface area contributed by atoms with Gasteiger partial charge in [0.1, 0.15) is 49.1 Å². The molecule has 0 heterocycles. The molecule has 0 amide bonds. The van der Waals surface area contributed by atoms with Crippen molar-refractivity contribution in [1.29, 1.82) is 0 Å². The van der Waals surface area contributed by atoms with Crippen LogP contribution in [-0.4, -0.2) is 64.7 Å². The van der Waals surface area contributed by atoms with Gasteiger partial charge >= 0.3 is 17.9 Å². The monoisotopic (exact) mass is 1110 g/mol.